The highest BCUT2D eigenvalue weighted by molar-refractivity contribution is 7.57. The molecule has 0 spiro atoms. The van der Waals surface area contributed by atoms with E-state index in [4.69, 9.17) is 0 Å². The fourth-order valence-electron chi connectivity index (χ4n) is 6.59. The molecule has 1 saturated heterocycles. The van der Waals surface area contributed by atoms with Gasteiger partial charge in [0.1, 0.15) is 0 Å². The van der Waals surface area contributed by atoms with E-state index in [1.165, 1.54) is 79.3 Å². The molecule has 2 atom stereocenters. The lowest BCUT2D eigenvalue weighted by molar-refractivity contribution is 0.527. The fraction of sp³-hybridized carbons (Fsp3) is 0.486. The molecule has 0 bridgehead atoms. The standard InChI is InChI=1S/C35H47P/c1-6-30(34-17-15-26(2)23-28(34)4)13-10-14-33(35-18-16-27(3)24-29(35)5)25-36-21-19-32(20-22-36)31-11-8-7-9-12-31/h7-9,11-12,15-18,23-24,30,32-33H,6,10,13-14,19-22,25H2,1-5H3. The second-order valence-electron chi connectivity index (χ2n) is 11.4. The van der Waals surface area contributed by atoms with Gasteiger partial charge in [-0.2, -0.15) is 0 Å². The summed E-state index contributed by atoms with van der Waals surface area (Å²) >= 11 is 0. The molecular formula is C35H47P. The minimum Gasteiger partial charge on any atom is -0.106 e. The number of hydrogen-bond acceptors (Lipinski definition) is 0. The third-order valence-electron chi connectivity index (χ3n) is 8.67. The molecule has 0 N–H and O–H groups in total. The van der Waals surface area contributed by atoms with Gasteiger partial charge in [-0.15, -0.1) is 7.92 Å². The fourth-order valence-corrected chi connectivity index (χ4v) is 9.53. The minimum atomic E-state index is 0.140. The lowest BCUT2D eigenvalue weighted by Gasteiger charge is -2.32. The predicted molar refractivity (Wildman–Crippen MR) is 161 cm³/mol. The monoisotopic (exact) mass is 498 g/mol. The van der Waals surface area contributed by atoms with Gasteiger partial charge in [0, 0.05) is 0 Å². The molecule has 1 aliphatic rings. The van der Waals surface area contributed by atoms with Crippen molar-refractivity contribution < 1.29 is 0 Å². The lowest BCUT2D eigenvalue weighted by Crippen LogP contribution is -2.15. The highest BCUT2D eigenvalue weighted by Crippen LogP contribution is 2.50. The molecule has 1 heterocycles. The summed E-state index contributed by atoms with van der Waals surface area (Å²) in [5.74, 6) is 2.20. The number of benzene rings is 3. The van der Waals surface area contributed by atoms with E-state index in [9.17, 15) is 0 Å². The van der Waals surface area contributed by atoms with Crippen LogP contribution in [0.25, 0.3) is 0 Å². The third-order valence-corrected chi connectivity index (χ3v) is 11.4. The van der Waals surface area contributed by atoms with Crippen molar-refractivity contribution in [1.29, 1.82) is 0 Å². The molecule has 4 rings (SSSR count). The average molecular weight is 499 g/mol. The van der Waals surface area contributed by atoms with Crippen molar-refractivity contribution in [2.24, 2.45) is 0 Å². The molecule has 1 heteroatoms. The molecule has 0 amide bonds. The second-order valence-corrected chi connectivity index (χ2v) is 14.0. The van der Waals surface area contributed by atoms with E-state index < -0.39 is 0 Å². The van der Waals surface area contributed by atoms with Crippen LogP contribution in [0.1, 0.15) is 102 Å². The molecule has 1 fully saturated rings. The van der Waals surface area contributed by atoms with Gasteiger partial charge in [-0.05, 0) is 124 Å². The summed E-state index contributed by atoms with van der Waals surface area (Å²) < 4.78 is 0. The van der Waals surface area contributed by atoms with E-state index in [0.29, 0.717) is 5.92 Å². The van der Waals surface area contributed by atoms with Crippen molar-refractivity contribution in [1.82, 2.24) is 0 Å². The summed E-state index contributed by atoms with van der Waals surface area (Å²) in [6, 6.07) is 25.5. The quantitative estimate of drug-likeness (QED) is 0.244. The van der Waals surface area contributed by atoms with Crippen molar-refractivity contribution >= 4 is 7.92 Å². The molecule has 1 aliphatic heterocycles. The topological polar surface area (TPSA) is 0 Å². The Morgan fingerprint density at radius 2 is 1.28 bits per heavy atom. The van der Waals surface area contributed by atoms with Gasteiger partial charge in [-0.3, -0.25) is 0 Å². The lowest BCUT2D eigenvalue weighted by atomic mass is 9.85. The highest BCUT2D eigenvalue weighted by Gasteiger charge is 2.26. The van der Waals surface area contributed by atoms with Crippen LogP contribution in [0.15, 0.2) is 66.7 Å². The Bertz CT molecular complexity index is 1090. The van der Waals surface area contributed by atoms with E-state index in [1.54, 1.807) is 16.7 Å². The minimum absolute atomic E-state index is 0.140. The van der Waals surface area contributed by atoms with Gasteiger partial charge < -0.3 is 0 Å². The van der Waals surface area contributed by atoms with Crippen LogP contribution in [0.2, 0.25) is 0 Å². The van der Waals surface area contributed by atoms with Gasteiger partial charge in [-0.25, -0.2) is 0 Å². The van der Waals surface area contributed by atoms with Crippen LogP contribution in [0.4, 0.5) is 0 Å². The van der Waals surface area contributed by atoms with Crippen LogP contribution in [-0.2, 0) is 0 Å². The predicted octanol–water partition coefficient (Wildman–Crippen LogP) is 10.4. The maximum absolute atomic E-state index is 2.46. The van der Waals surface area contributed by atoms with Crippen molar-refractivity contribution in [3.63, 3.8) is 0 Å². The SMILES string of the molecule is CCC(CCCC(CP1CCC(c2ccccc2)CC1)c1ccc(C)cc1C)c1ccc(C)cc1C. The zero-order chi connectivity index (χ0) is 25.5. The molecule has 0 nitrogen and oxygen atoms in total. The Kier molecular flexibility index (Phi) is 9.84. The summed E-state index contributed by atoms with van der Waals surface area (Å²) in [6.07, 6.45) is 12.3. The van der Waals surface area contributed by atoms with Gasteiger partial charge in [0.05, 0.1) is 0 Å². The Labute approximate surface area is 222 Å². The van der Waals surface area contributed by atoms with Crippen LogP contribution in [0, 0.1) is 27.7 Å². The first kappa shape index (κ1) is 27.1. The van der Waals surface area contributed by atoms with Gasteiger partial charge in [0.25, 0.3) is 0 Å². The summed E-state index contributed by atoms with van der Waals surface area (Å²) in [5.41, 5.74) is 10.5. The normalized spacial score (nSPS) is 19.7. The first-order valence-electron chi connectivity index (χ1n) is 14.4. The Hall–Kier alpha value is -1.91. The zero-order valence-electron chi connectivity index (χ0n) is 23.4. The molecule has 36 heavy (non-hydrogen) atoms. The molecule has 0 aromatic heterocycles. The second kappa shape index (κ2) is 13.1. The first-order valence-corrected chi connectivity index (χ1v) is 16.3. The molecule has 0 saturated carbocycles. The van der Waals surface area contributed by atoms with E-state index in [2.05, 4.69) is 101 Å². The van der Waals surface area contributed by atoms with Crippen LogP contribution < -0.4 is 0 Å². The van der Waals surface area contributed by atoms with Crippen LogP contribution in [-0.4, -0.2) is 18.5 Å². The summed E-state index contributed by atoms with van der Waals surface area (Å²) in [7, 11) is 0.140. The van der Waals surface area contributed by atoms with Crippen molar-refractivity contribution in [2.45, 2.75) is 90.9 Å². The van der Waals surface area contributed by atoms with Crippen molar-refractivity contribution in [3.8, 4) is 0 Å². The number of aryl methyl sites for hydroxylation is 4. The average Bonchev–Trinajstić information content (AvgIpc) is 2.88. The van der Waals surface area contributed by atoms with Crippen LogP contribution in [0.3, 0.4) is 0 Å². The van der Waals surface area contributed by atoms with Crippen molar-refractivity contribution in [3.05, 3.63) is 106 Å². The van der Waals surface area contributed by atoms with Gasteiger partial charge in [0.15, 0.2) is 0 Å². The molecule has 0 aliphatic carbocycles. The molecule has 0 radical (unpaired) electrons. The summed E-state index contributed by atoms with van der Waals surface area (Å²) in [4.78, 5) is 0. The molecule has 192 valence electrons. The Balaban J connectivity index is 1.41. The Morgan fingerprint density at radius 3 is 1.83 bits per heavy atom. The van der Waals surface area contributed by atoms with E-state index in [-0.39, 0.29) is 7.92 Å². The summed E-state index contributed by atoms with van der Waals surface area (Å²) in [6.45, 7) is 11.5. The zero-order valence-corrected chi connectivity index (χ0v) is 24.3. The van der Waals surface area contributed by atoms with E-state index in [0.717, 1.165) is 11.8 Å². The number of hydrogen-bond donors (Lipinski definition) is 0. The van der Waals surface area contributed by atoms with Gasteiger partial charge in [-0.1, -0.05) is 91.2 Å². The van der Waals surface area contributed by atoms with Crippen LogP contribution >= 0.6 is 7.92 Å². The van der Waals surface area contributed by atoms with Gasteiger partial charge >= 0.3 is 0 Å². The maximum Gasteiger partial charge on any atom is -0.0120 e. The highest BCUT2D eigenvalue weighted by atomic mass is 31.1. The summed E-state index contributed by atoms with van der Waals surface area (Å²) in [5, 5.41) is 0. The van der Waals surface area contributed by atoms with Gasteiger partial charge in [0.2, 0.25) is 0 Å². The van der Waals surface area contributed by atoms with Crippen molar-refractivity contribution in [2.75, 3.05) is 18.5 Å². The van der Waals surface area contributed by atoms with Crippen LogP contribution in [0.5, 0.6) is 0 Å². The largest absolute Gasteiger partial charge is 0.106 e. The smallest absolute Gasteiger partial charge is 0.0120 e. The molecular weight excluding hydrogens is 451 g/mol. The third kappa shape index (κ3) is 7.10. The first-order chi connectivity index (χ1) is 17.4. The number of rotatable bonds is 10. The molecule has 3 aromatic rings. The maximum atomic E-state index is 2.46. The molecule has 3 aromatic carbocycles. The molecule has 2 unspecified atom stereocenters. The van der Waals surface area contributed by atoms with E-state index >= 15 is 0 Å². The Morgan fingerprint density at radius 1 is 0.722 bits per heavy atom. The van der Waals surface area contributed by atoms with E-state index in [1.807, 2.05) is 0 Å².